The molecule has 0 atom stereocenters. The smallest absolute Gasteiger partial charge is 0.319 e. The highest BCUT2D eigenvalue weighted by Gasteiger charge is 2.41. The van der Waals surface area contributed by atoms with Crippen LogP contribution in [0.1, 0.15) is 30.1 Å². The summed E-state index contributed by atoms with van der Waals surface area (Å²) in [7, 11) is -0.685. The highest BCUT2D eigenvalue weighted by molar-refractivity contribution is 7.89. The lowest BCUT2D eigenvalue weighted by molar-refractivity contribution is -0.132. The number of rotatable bonds is 6. The first-order valence-electron chi connectivity index (χ1n) is 11.5. The largest absolute Gasteiger partial charge is 0.353 e. The zero-order valence-corrected chi connectivity index (χ0v) is 21.3. The van der Waals surface area contributed by atoms with Crippen LogP contribution in [-0.4, -0.2) is 97.9 Å². The molecule has 202 valence electrons. The monoisotopic (exact) mass is 542 g/mol. The van der Waals surface area contributed by atoms with Gasteiger partial charge in [-0.1, -0.05) is 0 Å². The van der Waals surface area contributed by atoms with Gasteiger partial charge in [0.25, 0.3) is 5.91 Å². The maximum atomic E-state index is 13.2. The summed E-state index contributed by atoms with van der Waals surface area (Å²) < 4.78 is 55.5. The van der Waals surface area contributed by atoms with Crippen molar-refractivity contribution >= 4 is 39.2 Å². The van der Waals surface area contributed by atoms with Crippen LogP contribution in [0.15, 0.2) is 23.2 Å². The van der Waals surface area contributed by atoms with E-state index in [-0.39, 0.29) is 22.0 Å². The quantitative estimate of drug-likeness (QED) is 0.435. The molecule has 1 saturated carbocycles. The lowest BCUT2D eigenvalue weighted by atomic mass is 10.2. The fraction of sp³-hybridized carbons (Fsp3) is 0.524. The minimum atomic E-state index is -3.99. The van der Waals surface area contributed by atoms with Crippen LogP contribution in [0, 0.1) is 0 Å². The Morgan fingerprint density at radius 3 is 2.30 bits per heavy atom. The third-order valence-electron chi connectivity index (χ3n) is 6.26. The molecule has 1 saturated heterocycles. The Balaban J connectivity index is 1.70. The molecule has 2 aromatic rings. The van der Waals surface area contributed by atoms with Crippen molar-refractivity contribution < 1.29 is 31.6 Å². The van der Waals surface area contributed by atoms with E-state index in [4.69, 9.17) is 0 Å². The number of carbonyl (C=O) groups is 3. The van der Waals surface area contributed by atoms with Crippen LogP contribution >= 0.6 is 0 Å². The molecule has 0 unspecified atom stereocenters. The van der Waals surface area contributed by atoms with Crippen LogP contribution < -0.4 is 20.5 Å². The van der Waals surface area contributed by atoms with Crippen molar-refractivity contribution in [1.29, 1.82) is 0 Å². The summed E-state index contributed by atoms with van der Waals surface area (Å²) in [6, 6.07) is 2.56. The number of fused-ring (bicyclic) bond motifs is 1. The summed E-state index contributed by atoms with van der Waals surface area (Å²) >= 11 is 0. The molecular formula is C21H28F2N8O5S. The van der Waals surface area contributed by atoms with Gasteiger partial charge in [0, 0.05) is 51.9 Å². The second-order valence-electron chi connectivity index (χ2n) is 9.47. The van der Waals surface area contributed by atoms with Crippen LogP contribution in [0.5, 0.6) is 0 Å². The molecule has 2 aromatic heterocycles. The van der Waals surface area contributed by atoms with Gasteiger partial charge < -0.3 is 14.7 Å². The lowest BCUT2D eigenvalue weighted by Crippen LogP contribution is -2.52. The number of sulfonamides is 1. The van der Waals surface area contributed by atoms with Crippen molar-refractivity contribution in [3.63, 3.8) is 0 Å². The van der Waals surface area contributed by atoms with Crippen LogP contribution in [-0.2, 0) is 14.8 Å². The zero-order chi connectivity index (χ0) is 27.1. The zero-order valence-electron chi connectivity index (χ0n) is 20.5. The number of hydrazine groups is 1. The number of hydrogen-bond acceptors (Lipinski definition) is 7. The number of amides is 4. The first-order valence-corrected chi connectivity index (χ1v) is 12.9. The molecule has 37 heavy (non-hydrogen) atoms. The molecule has 3 N–H and O–H groups in total. The number of anilines is 1. The molecule has 13 nitrogen and oxygen atoms in total. The van der Waals surface area contributed by atoms with E-state index in [1.54, 1.807) is 31.3 Å². The average Bonchev–Trinajstić information content (AvgIpc) is 3.40. The number of piperazine rings is 1. The fourth-order valence-electron chi connectivity index (χ4n) is 3.92. The molecule has 0 radical (unpaired) electrons. The number of carbonyl (C=O) groups excluding carboxylic acids is 3. The van der Waals surface area contributed by atoms with Crippen molar-refractivity contribution in [1.82, 2.24) is 35.0 Å². The molecule has 4 amide bonds. The average molecular weight is 543 g/mol. The number of halogens is 2. The second kappa shape index (κ2) is 9.74. The normalized spacial score (nSPS) is 17.1. The van der Waals surface area contributed by atoms with E-state index in [1.807, 2.05) is 10.3 Å². The maximum absolute atomic E-state index is 13.2. The van der Waals surface area contributed by atoms with Crippen LogP contribution in [0.3, 0.4) is 0 Å². The van der Waals surface area contributed by atoms with Gasteiger partial charge in [-0.3, -0.25) is 20.4 Å². The minimum absolute atomic E-state index is 0.0921. The Labute approximate surface area is 211 Å². The number of pyridine rings is 1. The van der Waals surface area contributed by atoms with E-state index in [9.17, 15) is 31.6 Å². The van der Waals surface area contributed by atoms with E-state index in [0.717, 1.165) is 6.20 Å². The Kier molecular flexibility index (Phi) is 6.98. The number of nitrogens with one attached hydrogen (secondary N) is 3. The third kappa shape index (κ3) is 5.58. The van der Waals surface area contributed by atoms with Gasteiger partial charge in [-0.25, -0.2) is 22.4 Å². The minimum Gasteiger partial charge on any atom is -0.353 e. The van der Waals surface area contributed by atoms with Crippen LogP contribution in [0.2, 0.25) is 0 Å². The predicted octanol–water partition coefficient (Wildman–Crippen LogP) is -0.00520. The summed E-state index contributed by atoms with van der Waals surface area (Å²) in [5.41, 5.74) is 2.91. The van der Waals surface area contributed by atoms with Crippen molar-refractivity contribution in [3.05, 3.63) is 23.9 Å². The van der Waals surface area contributed by atoms with Gasteiger partial charge in [0.2, 0.25) is 10.0 Å². The summed E-state index contributed by atoms with van der Waals surface area (Å²) in [5, 5.41) is 4.22. The Bertz CT molecular complexity index is 1330. The maximum Gasteiger partial charge on any atom is 0.319 e. The third-order valence-corrected chi connectivity index (χ3v) is 7.88. The molecule has 1 aliphatic carbocycles. The van der Waals surface area contributed by atoms with Crippen molar-refractivity contribution in [2.75, 3.05) is 45.2 Å². The van der Waals surface area contributed by atoms with Crippen molar-refractivity contribution in [2.24, 2.45) is 0 Å². The van der Waals surface area contributed by atoms with E-state index in [1.165, 1.54) is 21.5 Å². The molecule has 16 heteroatoms. The van der Waals surface area contributed by atoms with Gasteiger partial charge in [0.05, 0.1) is 22.2 Å². The topological polar surface area (TPSA) is 148 Å². The van der Waals surface area contributed by atoms with Crippen molar-refractivity contribution in [3.8, 4) is 0 Å². The Morgan fingerprint density at radius 2 is 1.73 bits per heavy atom. The molecule has 0 bridgehead atoms. The van der Waals surface area contributed by atoms with Crippen LogP contribution in [0.4, 0.5) is 19.4 Å². The van der Waals surface area contributed by atoms with E-state index in [0.29, 0.717) is 44.8 Å². The SMILES string of the molecule is CN(C)C(=O)N1CCN(c2cc(S(=O)(=O)NC3(C)CC3)cc3c(C(=O)NNC(=O)C(F)F)cnn23)CC1. The van der Waals surface area contributed by atoms with E-state index in [2.05, 4.69) is 9.82 Å². The molecule has 1 aliphatic heterocycles. The summed E-state index contributed by atoms with van der Waals surface area (Å²) in [6.45, 7) is 3.28. The first-order chi connectivity index (χ1) is 17.3. The van der Waals surface area contributed by atoms with Gasteiger partial charge in [-0.05, 0) is 25.8 Å². The molecule has 4 rings (SSSR count). The summed E-state index contributed by atoms with van der Waals surface area (Å²) in [5.74, 6) is -2.28. The standard InChI is InChI=1S/C21H28F2N8O5S/c1-21(4-5-21)27-37(35,36)13-10-15-14(18(32)25-26-19(33)17(22)23)12-24-31(15)16(11-13)29-6-8-30(9-7-29)20(34)28(2)3/h10-12,17,27H,4-9H2,1-3H3,(H,25,32)(H,26,33). The number of urea groups is 1. The van der Waals surface area contributed by atoms with Crippen LogP contribution in [0.25, 0.3) is 5.52 Å². The molecule has 2 aliphatic rings. The van der Waals surface area contributed by atoms with Gasteiger partial charge in [-0.2, -0.15) is 13.9 Å². The first kappa shape index (κ1) is 26.5. The molecular weight excluding hydrogens is 514 g/mol. The number of nitrogens with zero attached hydrogens (tertiary/aromatic N) is 5. The van der Waals surface area contributed by atoms with Crippen molar-refractivity contribution in [2.45, 2.75) is 36.6 Å². The molecule has 0 spiro atoms. The molecule has 0 aromatic carbocycles. The number of aromatic nitrogens is 2. The molecule has 3 heterocycles. The Hall–Kier alpha value is -3.53. The van der Waals surface area contributed by atoms with E-state index < -0.39 is 33.8 Å². The summed E-state index contributed by atoms with van der Waals surface area (Å²) in [4.78, 5) is 41.0. The highest BCUT2D eigenvalue weighted by atomic mass is 32.2. The highest BCUT2D eigenvalue weighted by Crippen LogP contribution is 2.36. The fourth-order valence-corrected chi connectivity index (χ4v) is 5.42. The predicted molar refractivity (Wildman–Crippen MR) is 128 cm³/mol. The number of hydrogen-bond donors (Lipinski definition) is 3. The lowest BCUT2D eigenvalue weighted by Gasteiger charge is -2.37. The van der Waals surface area contributed by atoms with Gasteiger partial charge in [0.15, 0.2) is 0 Å². The van der Waals surface area contributed by atoms with Gasteiger partial charge in [-0.15, -0.1) is 0 Å². The second-order valence-corrected chi connectivity index (χ2v) is 11.1. The number of alkyl halides is 2. The van der Waals surface area contributed by atoms with Gasteiger partial charge >= 0.3 is 18.4 Å². The molecule has 2 fully saturated rings. The van der Waals surface area contributed by atoms with Gasteiger partial charge in [0.1, 0.15) is 5.82 Å². The Morgan fingerprint density at radius 1 is 1.08 bits per heavy atom. The summed E-state index contributed by atoms with van der Waals surface area (Å²) in [6.07, 6.45) is -0.804. The van der Waals surface area contributed by atoms with E-state index >= 15 is 0 Å².